The maximum Gasteiger partial charge on any atom is 0.194 e. The molecule has 5 heteroatoms. The van der Waals surface area contributed by atoms with Crippen molar-refractivity contribution < 1.29 is 9.47 Å². The number of aromatic amines is 1. The molecule has 0 fully saturated rings. The van der Waals surface area contributed by atoms with E-state index in [1.807, 2.05) is 43.3 Å². The Kier molecular flexibility index (Phi) is 6.57. The molecule has 1 N–H and O–H groups in total. The lowest BCUT2D eigenvalue weighted by Gasteiger charge is -2.24. The van der Waals surface area contributed by atoms with E-state index >= 15 is 0 Å². The van der Waals surface area contributed by atoms with Gasteiger partial charge in [-0.3, -0.25) is 9.69 Å². The Morgan fingerprint density at radius 1 is 0.812 bits per heavy atom. The summed E-state index contributed by atoms with van der Waals surface area (Å²) in [4.78, 5) is 19.3. The molecule has 0 radical (unpaired) electrons. The van der Waals surface area contributed by atoms with Crippen molar-refractivity contribution in [2.75, 3.05) is 14.2 Å². The van der Waals surface area contributed by atoms with Crippen LogP contribution in [0.5, 0.6) is 11.5 Å². The van der Waals surface area contributed by atoms with Crippen LogP contribution in [-0.2, 0) is 19.6 Å². The number of ether oxygens (including phenoxy) is 2. The van der Waals surface area contributed by atoms with Gasteiger partial charge in [-0.15, -0.1) is 0 Å². The third kappa shape index (κ3) is 4.68. The van der Waals surface area contributed by atoms with Crippen molar-refractivity contribution in [3.8, 4) is 11.5 Å². The topological polar surface area (TPSA) is 54.6 Å². The highest BCUT2D eigenvalue weighted by molar-refractivity contribution is 5.87. The minimum absolute atomic E-state index is 0.000395. The number of fused-ring (bicyclic) bond motifs is 1. The highest BCUT2D eigenvalue weighted by Crippen LogP contribution is 2.29. The largest absolute Gasteiger partial charge is 0.497 e. The Hall–Kier alpha value is -3.57. The summed E-state index contributed by atoms with van der Waals surface area (Å²) in [5.74, 6) is 1.19. The van der Waals surface area contributed by atoms with E-state index in [2.05, 4.69) is 34.1 Å². The number of rotatable bonds is 8. The number of aryl methyl sites for hydroxylation is 1. The number of H-pyrrole nitrogens is 1. The van der Waals surface area contributed by atoms with Crippen LogP contribution < -0.4 is 14.9 Å². The third-order valence-electron chi connectivity index (χ3n) is 5.69. The molecule has 1 heterocycles. The van der Waals surface area contributed by atoms with Crippen LogP contribution in [0.2, 0.25) is 0 Å². The van der Waals surface area contributed by atoms with Gasteiger partial charge in [0, 0.05) is 37.0 Å². The van der Waals surface area contributed by atoms with Crippen LogP contribution in [-0.4, -0.2) is 24.1 Å². The van der Waals surface area contributed by atoms with Crippen LogP contribution in [0.15, 0.2) is 77.6 Å². The van der Waals surface area contributed by atoms with Crippen molar-refractivity contribution in [1.29, 1.82) is 0 Å². The Labute approximate surface area is 188 Å². The zero-order chi connectivity index (χ0) is 22.5. The fourth-order valence-corrected chi connectivity index (χ4v) is 4.04. The maximum absolute atomic E-state index is 13.6. The molecule has 5 nitrogen and oxygen atoms in total. The van der Waals surface area contributed by atoms with Gasteiger partial charge in [0.25, 0.3) is 0 Å². The predicted molar refractivity (Wildman–Crippen MR) is 128 cm³/mol. The van der Waals surface area contributed by atoms with Gasteiger partial charge in [-0.05, 0) is 24.1 Å². The monoisotopic (exact) mass is 428 g/mol. The molecule has 32 heavy (non-hydrogen) atoms. The second-order valence-electron chi connectivity index (χ2n) is 7.93. The molecule has 0 unspecified atom stereocenters. The van der Waals surface area contributed by atoms with E-state index in [1.54, 1.807) is 26.4 Å². The lowest BCUT2D eigenvalue weighted by molar-refractivity contribution is 0.246. The molecule has 0 spiro atoms. The minimum Gasteiger partial charge on any atom is -0.497 e. The first kappa shape index (κ1) is 21.7. The molecular weight excluding hydrogens is 400 g/mol. The summed E-state index contributed by atoms with van der Waals surface area (Å²) in [5.41, 5.74) is 4.71. The van der Waals surface area contributed by atoms with Crippen LogP contribution in [0.4, 0.5) is 0 Å². The molecular formula is C27H28N2O3. The molecule has 4 rings (SSSR count). The number of pyridine rings is 1. The summed E-state index contributed by atoms with van der Waals surface area (Å²) in [6, 6.07) is 24.2. The quantitative estimate of drug-likeness (QED) is 0.426. The van der Waals surface area contributed by atoms with Crippen molar-refractivity contribution >= 4 is 10.9 Å². The Bertz CT molecular complexity index is 1210. The number of nitrogens with one attached hydrogen (secondary N) is 1. The van der Waals surface area contributed by atoms with Crippen LogP contribution in [0, 0.1) is 6.92 Å². The maximum atomic E-state index is 13.6. The van der Waals surface area contributed by atoms with Gasteiger partial charge in [0.1, 0.15) is 11.5 Å². The van der Waals surface area contributed by atoms with Crippen molar-refractivity contribution in [2.45, 2.75) is 26.6 Å². The average Bonchev–Trinajstić information content (AvgIpc) is 2.82. The molecule has 0 atom stereocenters. The standard InChI is InChI=1S/C27H28N2O3/c1-19-24(27(30)23-14-22(31-2)15-25(32-3)26(23)28-19)18-29(16-20-10-6-4-7-11-20)17-21-12-8-5-9-13-21/h4-15H,16-18H2,1-3H3,(H,28,30). The van der Waals surface area contributed by atoms with E-state index in [4.69, 9.17) is 9.47 Å². The lowest BCUT2D eigenvalue weighted by atomic mass is 10.1. The number of methoxy groups -OCH3 is 2. The SMILES string of the molecule is COc1cc(OC)c2[nH]c(C)c(CN(Cc3ccccc3)Cc3ccccc3)c(=O)c2c1. The first-order valence-electron chi connectivity index (χ1n) is 10.7. The van der Waals surface area contributed by atoms with E-state index in [0.717, 1.165) is 24.3 Å². The summed E-state index contributed by atoms with van der Waals surface area (Å²) < 4.78 is 10.9. The van der Waals surface area contributed by atoms with Gasteiger partial charge in [0.2, 0.25) is 0 Å². The molecule has 0 aliphatic rings. The predicted octanol–water partition coefficient (Wildman–Crippen LogP) is 5.06. The van der Waals surface area contributed by atoms with Crippen molar-refractivity contribution in [3.63, 3.8) is 0 Å². The Balaban J connectivity index is 1.75. The van der Waals surface area contributed by atoms with Gasteiger partial charge < -0.3 is 14.5 Å². The van der Waals surface area contributed by atoms with Gasteiger partial charge in [0.15, 0.2) is 5.43 Å². The van der Waals surface area contributed by atoms with Crippen molar-refractivity contribution in [3.05, 3.63) is 105 Å². The second-order valence-corrected chi connectivity index (χ2v) is 7.93. The summed E-state index contributed by atoms with van der Waals surface area (Å²) in [6.07, 6.45) is 0. The van der Waals surface area contributed by atoms with Gasteiger partial charge in [-0.1, -0.05) is 60.7 Å². The number of benzene rings is 3. The number of aromatic nitrogens is 1. The summed E-state index contributed by atoms with van der Waals surface area (Å²) in [6.45, 7) is 3.96. The highest BCUT2D eigenvalue weighted by atomic mass is 16.5. The molecule has 0 saturated heterocycles. The van der Waals surface area contributed by atoms with E-state index in [1.165, 1.54) is 11.1 Å². The third-order valence-corrected chi connectivity index (χ3v) is 5.69. The second kappa shape index (κ2) is 9.71. The molecule has 0 aliphatic heterocycles. The molecule has 0 bridgehead atoms. The molecule has 4 aromatic rings. The van der Waals surface area contributed by atoms with Gasteiger partial charge in [-0.2, -0.15) is 0 Å². The van der Waals surface area contributed by atoms with Crippen molar-refractivity contribution in [2.24, 2.45) is 0 Å². The number of hydrogen-bond donors (Lipinski definition) is 1. The molecule has 3 aromatic carbocycles. The smallest absolute Gasteiger partial charge is 0.194 e. The lowest BCUT2D eigenvalue weighted by Crippen LogP contribution is -2.27. The van der Waals surface area contributed by atoms with Gasteiger partial charge in [0.05, 0.1) is 25.1 Å². The molecule has 164 valence electrons. The molecule has 0 aliphatic carbocycles. The highest BCUT2D eigenvalue weighted by Gasteiger charge is 2.17. The molecule has 1 aromatic heterocycles. The van der Waals surface area contributed by atoms with E-state index < -0.39 is 0 Å². The van der Waals surface area contributed by atoms with E-state index in [-0.39, 0.29) is 5.43 Å². The van der Waals surface area contributed by atoms with Crippen molar-refractivity contribution in [1.82, 2.24) is 9.88 Å². The Morgan fingerprint density at radius 2 is 1.41 bits per heavy atom. The first-order valence-corrected chi connectivity index (χ1v) is 10.7. The number of nitrogens with zero attached hydrogens (tertiary/aromatic N) is 1. The average molecular weight is 429 g/mol. The van der Waals surface area contributed by atoms with E-state index in [9.17, 15) is 4.79 Å². The fraction of sp³-hybridized carbons (Fsp3) is 0.222. The molecule has 0 amide bonds. The van der Waals surface area contributed by atoms with E-state index in [0.29, 0.717) is 28.9 Å². The van der Waals surface area contributed by atoms with Crippen LogP contribution in [0.25, 0.3) is 10.9 Å². The van der Waals surface area contributed by atoms with Crippen LogP contribution in [0.3, 0.4) is 0 Å². The normalized spacial score (nSPS) is 11.1. The van der Waals surface area contributed by atoms with Crippen LogP contribution >= 0.6 is 0 Å². The minimum atomic E-state index is -0.000395. The molecule has 0 saturated carbocycles. The zero-order valence-corrected chi connectivity index (χ0v) is 18.7. The van der Waals surface area contributed by atoms with Gasteiger partial charge >= 0.3 is 0 Å². The summed E-state index contributed by atoms with van der Waals surface area (Å²) in [7, 11) is 3.18. The zero-order valence-electron chi connectivity index (χ0n) is 18.7. The Morgan fingerprint density at radius 3 is 1.94 bits per heavy atom. The van der Waals surface area contributed by atoms with Crippen LogP contribution in [0.1, 0.15) is 22.4 Å². The summed E-state index contributed by atoms with van der Waals surface area (Å²) in [5, 5.41) is 0.571. The first-order chi connectivity index (χ1) is 15.6. The fourth-order valence-electron chi connectivity index (χ4n) is 4.04. The van der Waals surface area contributed by atoms with Gasteiger partial charge in [-0.25, -0.2) is 0 Å². The summed E-state index contributed by atoms with van der Waals surface area (Å²) >= 11 is 0. The number of hydrogen-bond acceptors (Lipinski definition) is 4.